The Hall–Kier alpha value is -2.92. The Balaban J connectivity index is 1.39. The quantitative estimate of drug-likeness (QED) is 0.575. The third kappa shape index (κ3) is 2.97. The molecular weight excluding hydrogens is 464 g/mol. The second-order valence-electron chi connectivity index (χ2n) is 6.62. The molecule has 148 valence electrons. The third-order valence-electron chi connectivity index (χ3n) is 4.77. The van der Waals surface area contributed by atoms with Gasteiger partial charge < -0.3 is 19.2 Å². The van der Waals surface area contributed by atoms with E-state index in [4.69, 9.17) is 13.9 Å². The number of aromatic nitrogens is 2. The molecule has 3 amide bonds. The van der Waals surface area contributed by atoms with Gasteiger partial charge in [-0.25, -0.2) is 4.79 Å². The van der Waals surface area contributed by atoms with Crippen LogP contribution in [-0.2, 0) is 16.9 Å². The van der Waals surface area contributed by atoms with Crippen LogP contribution in [0.15, 0.2) is 38.5 Å². The highest BCUT2D eigenvalue weighted by Gasteiger charge is 2.49. The van der Waals surface area contributed by atoms with E-state index in [1.165, 1.54) is 11.3 Å². The molecule has 1 fully saturated rings. The number of carbonyl (C=O) groups is 2. The number of ether oxygens (including phenoxy) is 2. The summed E-state index contributed by atoms with van der Waals surface area (Å²) in [4.78, 5) is 27.5. The fourth-order valence-electron chi connectivity index (χ4n) is 3.23. The van der Waals surface area contributed by atoms with E-state index in [0.717, 1.165) is 13.6 Å². The highest BCUT2D eigenvalue weighted by molar-refractivity contribution is 9.11. The summed E-state index contributed by atoms with van der Waals surface area (Å²) in [6.45, 7) is 1.65. The van der Waals surface area contributed by atoms with Gasteiger partial charge in [-0.15, -0.1) is 21.5 Å². The number of urea groups is 1. The molecule has 0 saturated carbocycles. The summed E-state index contributed by atoms with van der Waals surface area (Å²) in [7, 11) is 0. The maximum atomic E-state index is 13.1. The Morgan fingerprint density at radius 3 is 2.83 bits per heavy atom. The minimum atomic E-state index is -1.24. The first-order valence-corrected chi connectivity index (χ1v) is 10.2. The first kappa shape index (κ1) is 18.1. The van der Waals surface area contributed by atoms with E-state index in [9.17, 15) is 9.59 Å². The number of hydrogen-bond donors (Lipinski definition) is 1. The number of nitrogens with zero attached hydrogens (tertiary/aromatic N) is 3. The second-order valence-corrected chi connectivity index (χ2v) is 9.08. The second kappa shape index (κ2) is 6.56. The Labute approximate surface area is 176 Å². The molecule has 1 N–H and O–H groups in total. The summed E-state index contributed by atoms with van der Waals surface area (Å²) >= 11 is 4.83. The van der Waals surface area contributed by atoms with Crippen molar-refractivity contribution in [3.63, 3.8) is 0 Å². The van der Waals surface area contributed by atoms with Crippen LogP contribution in [0.25, 0.3) is 10.8 Å². The molecule has 1 aromatic carbocycles. The predicted octanol–water partition coefficient (Wildman–Crippen LogP) is 3.26. The van der Waals surface area contributed by atoms with Crippen LogP contribution in [0.5, 0.6) is 11.5 Å². The van der Waals surface area contributed by atoms with E-state index in [2.05, 4.69) is 31.4 Å². The smallest absolute Gasteiger partial charge is 0.325 e. The van der Waals surface area contributed by atoms with E-state index in [0.29, 0.717) is 23.0 Å². The lowest BCUT2D eigenvalue weighted by atomic mass is 9.91. The zero-order chi connectivity index (χ0) is 20.2. The molecule has 29 heavy (non-hydrogen) atoms. The summed E-state index contributed by atoms with van der Waals surface area (Å²) in [6.07, 6.45) is 0. The highest BCUT2D eigenvalue weighted by Crippen LogP contribution is 2.38. The van der Waals surface area contributed by atoms with Crippen molar-refractivity contribution in [2.24, 2.45) is 0 Å². The van der Waals surface area contributed by atoms with Crippen molar-refractivity contribution < 1.29 is 23.5 Å². The lowest BCUT2D eigenvalue weighted by Crippen LogP contribution is -2.40. The van der Waals surface area contributed by atoms with Crippen molar-refractivity contribution in [1.82, 2.24) is 20.4 Å². The summed E-state index contributed by atoms with van der Waals surface area (Å²) in [6, 6.07) is 8.33. The van der Waals surface area contributed by atoms with Crippen molar-refractivity contribution in [2.75, 3.05) is 6.79 Å². The lowest BCUT2D eigenvalue weighted by Gasteiger charge is -2.22. The Morgan fingerprint density at radius 2 is 2.03 bits per heavy atom. The average molecular weight is 477 g/mol. The molecule has 2 aromatic heterocycles. The lowest BCUT2D eigenvalue weighted by molar-refractivity contribution is -0.131. The molecule has 1 atom stereocenters. The zero-order valence-electron chi connectivity index (χ0n) is 15.0. The standard InChI is InChI=1S/C18H13BrN4O5S/c1-18(9-2-3-10-11(6-9)27-8-26-10)16(24)23(17(25)20-18)7-14-21-22-15(28-14)12-4-5-13(19)29-12/h2-6H,7-8H2,1H3,(H,20,25)/t18-/m1/s1. The first-order valence-electron chi connectivity index (χ1n) is 8.56. The number of nitrogens with one attached hydrogen (secondary N) is 1. The summed E-state index contributed by atoms with van der Waals surface area (Å²) in [5, 5.41) is 10.7. The minimum absolute atomic E-state index is 0.121. The van der Waals surface area contributed by atoms with Gasteiger partial charge in [0.25, 0.3) is 11.8 Å². The van der Waals surface area contributed by atoms with Gasteiger partial charge in [-0.3, -0.25) is 9.69 Å². The van der Waals surface area contributed by atoms with E-state index >= 15 is 0 Å². The molecule has 1 saturated heterocycles. The molecule has 3 aromatic rings. The van der Waals surface area contributed by atoms with Gasteiger partial charge in [0.2, 0.25) is 12.7 Å². The largest absolute Gasteiger partial charge is 0.454 e. The number of thiophene rings is 1. The molecule has 4 heterocycles. The number of hydrogen-bond acceptors (Lipinski definition) is 8. The first-order chi connectivity index (χ1) is 13.9. The topological polar surface area (TPSA) is 107 Å². The van der Waals surface area contributed by atoms with Crippen LogP contribution >= 0.6 is 27.3 Å². The van der Waals surface area contributed by atoms with Gasteiger partial charge in [-0.05, 0) is 52.7 Å². The van der Waals surface area contributed by atoms with Gasteiger partial charge in [0.05, 0.1) is 8.66 Å². The van der Waals surface area contributed by atoms with Gasteiger partial charge in [-0.2, -0.15) is 0 Å². The molecule has 11 heteroatoms. The number of fused-ring (bicyclic) bond motifs is 1. The summed E-state index contributed by atoms with van der Waals surface area (Å²) in [5.74, 6) is 1.22. The molecule has 2 aliphatic rings. The molecular formula is C18H13BrN4O5S. The van der Waals surface area contributed by atoms with Crippen molar-refractivity contribution in [2.45, 2.75) is 19.0 Å². The van der Waals surface area contributed by atoms with E-state index in [1.807, 2.05) is 12.1 Å². The molecule has 2 aliphatic heterocycles. The number of rotatable bonds is 4. The Kier molecular flexibility index (Phi) is 4.10. The highest BCUT2D eigenvalue weighted by atomic mass is 79.9. The van der Waals surface area contributed by atoms with E-state index in [1.54, 1.807) is 25.1 Å². The molecule has 0 unspecified atom stereocenters. The van der Waals surface area contributed by atoms with Gasteiger partial charge in [0, 0.05) is 0 Å². The molecule has 5 rings (SSSR count). The van der Waals surface area contributed by atoms with Gasteiger partial charge in [0.1, 0.15) is 12.1 Å². The maximum absolute atomic E-state index is 13.1. The number of amides is 3. The third-order valence-corrected chi connectivity index (χ3v) is 6.38. The maximum Gasteiger partial charge on any atom is 0.325 e. The van der Waals surface area contributed by atoms with Gasteiger partial charge in [0.15, 0.2) is 11.5 Å². The molecule has 0 bridgehead atoms. The van der Waals surface area contributed by atoms with Gasteiger partial charge in [-0.1, -0.05) is 6.07 Å². The van der Waals surface area contributed by atoms with Crippen LogP contribution < -0.4 is 14.8 Å². The SMILES string of the molecule is C[C@]1(c2ccc3c(c2)OCO3)NC(=O)N(Cc2nnc(-c3ccc(Br)s3)o2)C1=O. The number of carbonyl (C=O) groups excluding carboxylic acids is 2. The van der Waals surface area contributed by atoms with E-state index in [-0.39, 0.29) is 19.2 Å². The van der Waals surface area contributed by atoms with Crippen molar-refractivity contribution >= 4 is 39.2 Å². The Morgan fingerprint density at radius 1 is 1.21 bits per heavy atom. The van der Waals surface area contributed by atoms with Crippen LogP contribution in [0.3, 0.4) is 0 Å². The Bertz CT molecular complexity index is 1140. The van der Waals surface area contributed by atoms with Gasteiger partial charge >= 0.3 is 6.03 Å². The molecule has 0 aliphatic carbocycles. The molecule has 0 spiro atoms. The number of imide groups is 1. The monoisotopic (exact) mass is 476 g/mol. The number of halogens is 1. The van der Waals surface area contributed by atoms with Crippen LogP contribution in [0.2, 0.25) is 0 Å². The normalized spacial score (nSPS) is 20.4. The van der Waals surface area contributed by atoms with Crippen LogP contribution in [0, 0.1) is 0 Å². The summed E-state index contributed by atoms with van der Waals surface area (Å²) < 4.78 is 17.2. The van der Waals surface area contributed by atoms with Crippen molar-refractivity contribution in [3.05, 3.63) is 45.6 Å². The zero-order valence-corrected chi connectivity index (χ0v) is 17.4. The average Bonchev–Trinajstić information content (AvgIpc) is 3.47. The van der Waals surface area contributed by atoms with Crippen molar-refractivity contribution in [3.8, 4) is 22.3 Å². The van der Waals surface area contributed by atoms with Crippen LogP contribution in [0.1, 0.15) is 18.4 Å². The molecule has 9 nitrogen and oxygen atoms in total. The fraction of sp³-hybridized carbons (Fsp3) is 0.222. The number of benzene rings is 1. The van der Waals surface area contributed by atoms with Crippen LogP contribution in [0.4, 0.5) is 4.79 Å². The van der Waals surface area contributed by atoms with E-state index < -0.39 is 17.5 Å². The van der Waals surface area contributed by atoms with Crippen molar-refractivity contribution in [1.29, 1.82) is 0 Å². The predicted molar refractivity (Wildman–Crippen MR) is 104 cm³/mol. The molecule has 0 radical (unpaired) electrons. The minimum Gasteiger partial charge on any atom is -0.454 e. The van der Waals surface area contributed by atoms with Crippen LogP contribution in [-0.4, -0.2) is 33.8 Å². The fourth-order valence-corrected chi connectivity index (χ4v) is 4.53. The summed E-state index contributed by atoms with van der Waals surface area (Å²) in [5.41, 5.74) is -0.642.